The van der Waals surface area contributed by atoms with Gasteiger partial charge in [0.05, 0.1) is 0 Å². The van der Waals surface area contributed by atoms with Gasteiger partial charge in [-0.3, -0.25) is 9.59 Å². The second kappa shape index (κ2) is 8.76. The third-order valence-corrected chi connectivity index (χ3v) is 4.10. The largest absolute Gasteiger partial charge is 0.348 e. The van der Waals surface area contributed by atoms with Gasteiger partial charge in [-0.25, -0.2) is 4.39 Å². The van der Waals surface area contributed by atoms with Crippen LogP contribution < -0.4 is 10.6 Å². The van der Waals surface area contributed by atoms with E-state index in [-0.39, 0.29) is 24.2 Å². The molecule has 27 heavy (non-hydrogen) atoms. The molecule has 0 saturated heterocycles. The van der Waals surface area contributed by atoms with Crippen molar-refractivity contribution in [3.05, 3.63) is 107 Å². The minimum atomic E-state index is -0.345. The van der Waals surface area contributed by atoms with Gasteiger partial charge in [0.1, 0.15) is 5.82 Å². The summed E-state index contributed by atoms with van der Waals surface area (Å²) in [6.07, 6.45) is 0. The highest BCUT2D eigenvalue weighted by molar-refractivity contribution is 5.94. The molecule has 3 rings (SSSR count). The molecule has 0 aliphatic carbocycles. The van der Waals surface area contributed by atoms with Crippen LogP contribution in [0, 0.1) is 5.82 Å². The average Bonchev–Trinajstić information content (AvgIpc) is 2.72. The molecule has 3 aromatic carbocycles. The molecule has 5 heteroatoms. The highest BCUT2D eigenvalue weighted by atomic mass is 19.1. The summed E-state index contributed by atoms with van der Waals surface area (Å²) in [5, 5.41) is 5.53. The Morgan fingerprint density at radius 3 is 1.89 bits per heavy atom. The third kappa shape index (κ3) is 5.01. The van der Waals surface area contributed by atoms with E-state index >= 15 is 0 Å². The highest BCUT2D eigenvalue weighted by Crippen LogP contribution is 2.08. The van der Waals surface area contributed by atoms with Gasteiger partial charge >= 0.3 is 0 Å². The normalized spacial score (nSPS) is 10.3. The van der Waals surface area contributed by atoms with Crippen LogP contribution >= 0.6 is 0 Å². The van der Waals surface area contributed by atoms with E-state index in [0.29, 0.717) is 23.2 Å². The molecule has 0 heterocycles. The Morgan fingerprint density at radius 1 is 0.667 bits per heavy atom. The fourth-order valence-corrected chi connectivity index (χ4v) is 2.57. The van der Waals surface area contributed by atoms with E-state index in [1.54, 1.807) is 54.6 Å². The predicted molar refractivity (Wildman–Crippen MR) is 102 cm³/mol. The molecule has 2 amide bonds. The van der Waals surface area contributed by atoms with Gasteiger partial charge in [0.25, 0.3) is 11.8 Å². The van der Waals surface area contributed by atoms with Crippen LogP contribution in [0.3, 0.4) is 0 Å². The van der Waals surface area contributed by atoms with E-state index in [1.165, 1.54) is 6.07 Å². The number of hydrogen-bond acceptors (Lipinski definition) is 2. The number of carbonyl (C=O) groups excluding carboxylic acids is 2. The Bertz CT molecular complexity index is 925. The maximum atomic E-state index is 13.6. The average molecular weight is 362 g/mol. The van der Waals surface area contributed by atoms with Crippen LogP contribution in [0.25, 0.3) is 0 Å². The molecule has 2 N–H and O–H groups in total. The van der Waals surface area contributed by atoms with Gasteiger partial charge in [-0.1, -0.05) is 48.5 Å². The minimum absolute atomic E-state index is 0.125. The van der Waals surface area contributed by atoms with Crippen molar-refractivity contribution in [1.82, 2.24) is 10.6 Å². The number of rotatable bonds is 6. The van der Waals surface area contributed by atoms with E-state index in [1.807, 2.05) is 18.2 Å². The lowest BCUT2D eigenvalue weighted by molar-refractivity contribution is 0.0941. The first-order chi connectivity index (χ1) is 13.1. The summed E-state index contributed by atoms with van der Waals surface area (Å²) in [5.41, 5.74) is 2.39. The zero-order valence-corrected chi connectivity index (χ0v) is 14.6. The Balaban J connectivity index is 1.53. The first-order valence-corrected chi connectivity index (χ1v) is 8.57. The number of carbonyl (C=O) groups is 2. The molecule has 0 fully saturated rings. The summed E-state index contributed by atoms with van der Waals surface area (Å²) < 4.78 is 13.6. The molecular formula is C22H19FN2O2. The molecule has 0 atom stereocenters. The second-order valence-corrected chi connectivity index (χ2v) is 6.02. The molecule has 0 unspecified atom stereocenters. The van der Waals surface area contributed by atoms with Crippen LogP contribution in [0.4, 0.5) is 4.39 Å². The van der Waals surface area contributed by atoms with Crippen LogP contribution in [0.15, 0.2) is 78.9 Å². The number of halogens is 1. The molecular weight excluding hydrogens is 343 g/mol. The molecule has 3 aromatic rings. The number of amides is 2. The Morgan fingerprint density at radius 2 is 1.22 bits per heavy atom. The quantitative estimate of drug-likeness (QED) is 0.703. The van der Waals surface area contributed by atoms with Gasteiger partial charge < -0.3 is 10.6 Å². The monoisotopic (exact) mass is 362 g/mol. The van der Waals surface area contributed by atoms with Crippen molar-refractivity contribution in [2.75, 3.05) is 0 Å². The summed E-state index contributed by atoms with van der Waals surface area (Å²) in [5.74, 6) is -0.775. The highest BCUT2D eigenvalue weighted by Gasteiger charge is 2.08. The SMILES string of the molecule is O=C(NCc1ccc(C(=O)NCc2ccccc2F)cc1)c1ccccc1. The van der Waals surface area contributed by atoms with Crippen molar-refractivity contribution in [3.63, 3.8) is 0 Å². The van der Waals surface area contributed by atoms with Gasteiger partial charge in [0.15, 0.2) is 0 Å². The molecule has 4 nitrogen and oxygen atoms in total. The molecule has 0 radical (unpaired) electrons. The lowest BCUT2D eigenvalue weighted by atomic mass is 10.1. The number of benzene rings is 3. The van der Waals surface area contributed by atoms with Crippen molar-refractivity contribution in [2.24, 2.45) is 0 Å². The fraction of sp³-hybridized carbons (Fsp3) is 0.0909. The van der Waals surface area contributed by atoms with Crippen LogP contribution in [-0.2, 0) is 13.1 Å². The van der Waals surface area contributed by atoms with Crippen molar-refractivity contribution in [3.8, 4) is 0 Å². The van der Waals surface area contributed by atoms with Crippen LogP contribution in [0.5, 0.6) is 0 Å². The summed E-state index contributed by atoms with van der Waals surface area (Å²) in [7, 11) is 0. The van der Waals surface area contributed by atoms with Crippen molar-refractivity contribution >= 4 is 11.8 Å². The molecule has 0 aliphatic rings. The smallest absolute Gasteiger partial charge is 0.251 e. The summed E-state index contributed by atoms with van der Waals surface area (Å²) in [6.45, 7) is 0.491. The molecule has 136 valence electrons. The van der Waals surface area contributed by atoms with E-state index in [9.17, 15) is 14.0 Å². The first-order valence-electron chi connectivity index (χ1n) is 8.57. The first kappa shape index (κ1) is 18.3. The van der Waals surface area contributed by atoms with Crippen molar-refractivity contribution in [1.29, 1.82) is 0 Å². The molecule has 0 saturated carbocycles. The number of hydrogen-bond donors (Lipinski definition) is 2. The Kier molecular flexibility index (Phi) is 5.94. The van der Waals surface area contributed by atoms with Crippen LogP contribution in [0.1, 0.15) is 31.8 Å². The summed E-state index contributed by atoms with van der Waals surface area (Å²) >= 11 is 0. The van der Waals surface area contributed by atoms with Gasteiger partial charge in [-0.05, 0) is 35.9 Å². The lowest BCUT2D eigenvalue weighted by Crippen LogP contribution is -2.24. The summed E-state index contributed by atoms with van der Waals surface area (Å²) in [4.78, 5) is 24.2. The fourth-order valence-electron chi connectivity index (χ4n) is 2.57. The van der Waals surface area contributed by atoms with Crippen LogP contribution in [0.2, 0.25) is 0 Å². The standard InChI is InChI=1S/C22H19FN2O2/c23-20-9-5-4-8-19(20)15-25-22(27)18-12-10-16(11-13-18)14-24-21(26)17-6-2-1-3-7-17/h1-13H,14-15H2,(H,24,26)(H,25,27). The maximum absolute atomic E-state index is 13.6. The van der Waals surface area contributed by atoms with Gasteiger partial charge in [0.2, 0.25) is 0 Å². The molecule has 0 aliphatic heterocycles. The maximum Gasteiger partial charge on any atom is 0.251 e. The minimum Gasteiger partial charge on any atom is -0.348 e. The molecule has 0 spiro atoms. The Hall–Kier alpha value is -3.47. The van der Waals surface area contributed by atoms with Gasteiger partial charge in [0, 0.05) is 29.8 Å². The predicted octanol–water partition coefficient (Wildman–Crippen LogP) is 3.69. The zero-order valence-electron chi connectivity index (χ0n) is 14.6. The van der Waals surface area contributed by atoms with E-state index in [4.69, 9.17) is 0 Å². The number of nitrogens with one attached hydrogen (secondary N) is 2. The third-order valence-electron chi connectivity index (χ3n) is 4.10. The summed E-state index contributed by atoms with van der Waals surface area (Å²) in [6, 6.07) is 22.2. The van der Waals surface area contributed by atoms with E-state index in [0.717, 1.165) is 5.56 Å². The molecule has 0 aromatic heterocycles. The van der Waals surface area contributed by atoms with Crippen LogP contribution in [-0.4, -0.2) is 11.8 Å². The Labute approximate surface area is 157 Å². The van der Waals surface area contributed by atoms with E-state index < -0.39 is 0 Å². The molecule has 0 bridgehead atoms. The van der Waals surface area contributed by atoms with Crippen molar-refractivity contribution < 1.29 is 14.0 Å². The zero-order chi connectivity index (χ0) is 19.1. The topological polar surface area (TPSA) is 58.2 Å². The second-order valence-electron chi connectivity index (χ2n) is 6.02. The van der Waals surface area contributed by atoms with Gasteiger partial charge in [-0.15, -0.1) is 0 Å². The van der Waals surface area contributed by atoms with E-state index in [2.05, 4.69) is 10.6 Å². The lowest BCUT2D eigenvalue weighted by Gasteiger charge is -2.08. The van der Waals surface area contributed by atoms with Gasteiger partial charge in [-0.2, -0.15) is 0 Å². The van der Waals surface area contributed by atoms with Crippen molar-refractivity contribution in [2.45, 2.75) is 13.1 Å².